The maximum atomic E-state index is 12.8. The highest BCUT2D eigenvalue weighted by Gasteiger charge is 2.26. The quantitative estimate of drug-likeness (QED) is 0.587. The number of rotatable bonds is 8. The van der Waals surface area contributed by atoms with E-state index in [1.807, 2.05) is 19.1 Å². The lowest BCUT2D eigenvalue weighted by atomic mass is 10.1. The van der Waals surface area contributed by atoms with Gasteiger partial charge in [0, 0.05) is 17.6 Å². The summed E-state index contributed by atoms with van der Waals surface area (Å²) in [6.45, 7) is 4.00. The topological polar surface area (TPSA) is 58.6 Å². The molecule has 1 atom stereocenters. The number of nitrogens with zero attached hydrogens (tertiary/aromatic N) is 1. The monoisotopic (exact) mass is 486 g/mol. The Hall–Kier alpha value is -1.76. The number of nitrogens with one attached hydrogen (secondary N) is 1. The van der Waals surface area contributed by atoms with Crippen molar-refractivity contribution in [2.24, 2.45) is 0 Å². The minimum absolute atomic E-state index is 0.188. The number of hydrogen-bond acceptors (Lipinski definition) is 3. The van der Waals surface area contributed by atoms with Gasteiger partial charge in [-0.2, -0.15) is 0 Å². The number of ether oxygens (including phenoxy) is 1. The van der Waals surface area contributed by atoms with Gasteiger partial charge in [0.15, 0.2) is 6.61 Å². The van der Waals surface area contributed by atoms with Gasteiger partial charge in [0.2, 0.25) is 5.91 Å². The van der Waals surface area contributed by atoms with Crippen molar-refractivity contribution in [1.29, 1.82) is 0 Å². The van der Waals surface area contributed by atoms with Crippen molar-refractivity contribution in [3.8, 4) is 5.75 Å². The molecule has 0 aliphatic carbocycles. The molecule has 0 aliphatic heterocycles. The zero-order valence-corrected chi connectivity index (χ0v) is 18.6. The predicted octanol–water partition coefficient (Wildman–Crippen LogP) is 4.69. The molecule has 0 fully saturated rings. The van der Waals surface area contributed by atoms with E-state index < -0.39 is 6.04 Å². The van der Waals surface area contributed by atoms with E-state index in [9.17, 15) is 9.59 Å². The molecule has 8 heteroatoms. The molecular formula is C20H21BrCl2N2O3. The fourth-order valence-electron chi connectivity index (χ4n) is 2.50. The van der Waals surface area contributed by atoms with Crippen LogP contribution in [0.5, 0.6) is 5.75 Å². The number of carbonyl (C=O) groups excluding carboxylic acids is 2. The summed E-state index contributed by atoms with van der Waals surface area (Å²) in [7, 11) is 0. The molecule has 2 amide bonds. The average Bonchev–Trinajstić information content (AvgIpc) is 2.67. The van der Waals surface area contributed by atoms with E-state index in [-0.39, 0.29) is 25.0 Å². The fourth-order valence-corrected chi connectivity index (χ4v) is 3.08. The molecule has 2 aromatic carbocycles. The molecule has 0 aromatic heterocycles. The lowest BCUT2D eigenvalue weighted by Gasteiger charge is -2.28. The minimum Gasteiger partial charge on any atom is -0.484 e. The molecule has 28 heavy (non-hydrogen) atoms. The predicted molar refractivity (Wildman–Crippen MR) is 115 cm³/mol. The first-order chi connectivity index (χ1) is 13.3. The number of carbonyl (C=O) groups is 2. The van der Waals surface area contributed by atoms with Gasteiger partial charge in [-0.05, 0) is 55.8 Å². The van der Waals surface area contributed by atoms with E-state index in [2.05, 4.69) is 21.2 Å². The van der Waals surface area contributed by atoms with E-state index in [1.165, 1.54) is 4.90 Å². The third kappa shape index (κ3) is 6.40. The summed E-state index contributed by atoms with van der Waals surface area (Å²) < 4.78 is 6.50. The van der Waals surface area contributed by atoms with Gasteiger partial charge in [-0.1, -0.05) is 45.2 Å². The molecule has 0 spiro atoms. The summed E-state index contributed by atoms with van der Waals surface area (Å²) >= 11 is 15.4. The maximum absolute atomic E-state index is 12.8. The van der Waals surface area contributed by atoms with E-state index in [4.69, 9.17) is 27.9 Å². The van der Waals surface area contributed by atoms with Gasteiger partial charge in [-0.3, -0.25) is 9.59 Å². The SMILES string of the molecule is CCNC(=O)[C@@H](C)N(Cc1ccc(Cl)c(Cl)c1)C(=O)COc1ccc(Br)cc1. The number of likely N-dealkylation sites (N-methyl/N-ethyl adjacent to an activating group) is 1. The maximum Gasteiger partial charge on any atom is 0.261 e. The van der Waals surface area contributed by atoms with Gasteiger partial charge in [0.1, 0.15) is 11.8 Å². The Labute approximate surface area is 183 Å². The number of benzene rings is 2. The second kappa shape index (κ2) is 10.7. The standard InChI is InChI=1S/C20H21BrCl2N2O3/c1-3-24-20(27)13(2)25(11-14-4-9-17(22)18(23)10-14)19(26)12-28-16-7-5-15(21)6-8-16/h4-10,13H,3,11-12H2,1-2H3,(H,24,27)/t13-/m1/s1. The number of amides is 2. The summed E-state index contributed by atoms with van der Waals surface area (Å²) in [4.78, 5) is 26.6. The zero-order valence-electron chi connectivity index (χ0n) is 15.5. The molecule has 0 saturated carbocycles. The van der Waals surface area contributed by atoms with E-state index in [1.54, 1.807) is 37.3 Å². The van der Waals surface area contributed by atoms with Crippen LogP contribution in [0.2, 0.25) is 10.0 Å². The molecule has 0 unspecified atom stereocenters. The van der Waals surface area contributed by atoms with Crippen LogP contribution < -0.4 is 10.1 Å². The minimum atomic E-state index is -0.671. The summed E-state index contributed by atoms with van der Waals surface area (Å²) in [5, 5.41) is 3.56. The lowest BCUT2D eigenvalue weighted by Crippen LogP contribution is -2.49. The van der Waals surface area contributed by atoms with Crippen LogP contribution in [0, 0.1) is 0 Å². The second-order valence-corrected chi connectivity index (χ2v) is 7.81. The first-order valence-electron chi connectivity index (χ1n) is 8.71. The summed E-state index contributed by atoms with van der Waals surface area (Å²) in [6.07, 6.45) is 0. The average molecular weight is 488 g/mol. The van der Waals surface area contributed by atoms with Crippen molar-refractivity contribution in [2.45, 2.75) is 26.4 Å². The third-order valence-electron chi connectivity index (χ3n) is 4.03. The van der Waals surface area contributed by atoms with Crippen LogP contribution in [0.25, 0.3) is 0 Å². The van der Waals surface area contributed by atoms with Crippen molar-refractivity contribution in [1.82, 2.24) is 10.2 Å². The highest BCUT2D eigenvalue weighted by Crippen LogP contribution is 2.24. The molecule has 0 radical (unpaired) electrons. The molecule has 5 nitrogen and oxygen atoms in total. The summed E-state index contributed by atoms with van der Waals surface area (Å²) in [6, 6.07) is 11.6. The van der Waals surface area contributed by atoms with Crippen molar-refractivity contribution >= 4 is 50.9 Å². The highest BCUT2D eigenvalue weighted by atomic mass is 79.9. The summed E-state index contributed by atoms with van der Waals surface area (Å²) in [5.74, 6) is 0.0176. The van der Waals surface area contributed by atoms with Gasteiger partial charge in [-0.25, -0.2) is 0 Å². The van der Waals surface area contributed by atoms with Crippen molar-refractivity contribution in [3.63, 3.8) is 0 Å². The second-order valence-electron chi connectivity index (χ2n) is 6.08. The van der Waals surface area contributed by atoms with Gasteiger partial charge < -0.3 is 15.0 Å². The Morgan fingerprint density at radius 1 is 1.14 bits per heavy atom. The van der Waals surface area contributed by atoms with Crippen molar-refractivity contribution < 1.29 is 14.3 Å². The Kier molecular flexibility index (Phi) is 8.60. The Morgan fingerprint density at radius 2 is 1.82 bits per heavy atom. The normalized spacial score (nSPS) is 11.6. The smallest absolute Gasteiger partial charge is 0.261 e. The van der Waals surface area contributed by atoms with Crippen molar-refractivity contribution in [2.75, 3.05) is 13.2 Å². The Morgan fingerprint density at radius 3 is 2.43 bits per heavy atom. The first-order valence-corrected chi connectivity index (χ1v) is 10.3. The van der Waals surface area contributed by atoms with Crippen LogP contribution in [0.4, 0.5) is 0 Å². The van der Waals surface area contributed by atoms with E-state index >= 15 is 0 Å². The Balaban J connectivity index is 2.15. The van der Waals surface area contributed by atoms with Gasteiger partial charge in [0.25, 0.3) is 5.91 Å². The highest BCUT2D eigenvalue weighted by molar-refractivity contribution is 9.10. The molecule has 0 heterocycles. The summed E-state index contributed by atoms with van der Waals surface area (Å²) in [5.41, 5.74) is 0.766. The lowest BCUT2D eigenvalue weighted by molar-refractivity contribution is -0.142. The van der Waals surface area contributed by atoms with Crippen LogP contribution in [0.1, 0.15) is 19.4 Å². The fraction of sp³-hybridized carbons (Fsp3) is 0.300. The van der Waals surface area contributed by atoms with Crippen LogP contribution in [-0.2, 0) is 16.1 Å². The molecular weight excluding hydrogens is 467 g/mol. The van der Waals surface area contributed by atoms with Gasteiger partial charge in [-0.15, -0.1) is 0 Å². The van der Waals surface area contributed by atoms with Crippen LogP contribution in [-0.4, -0.2) is 35.9 Å². The molecule has 1 N–H and O–H groups in total. The molecule has 2 aromatic rings. The zero-order chi connectivity index (χ0) is 20.7. The number of halogens is 3. The molecule has 0 bridgehead atoms. The van der Waals surface area contributed by atoms with Gasteiger partial charge >= 0.3 is 0 Å². The molecule has 0 saturated heterocycles. The molecule has 150 valence electrons. The van der Waals surface area contributed by atoms with Gasteiger partial charge in [0.05, 0.1) is 10.0 Å². The molecule has 2 rings (SSSR count). The van der Waals surface area contributed by atoms with Crippen LogP contribution in [0.15, 0.2) is 46.9 Å². The van der Waals surface area contributed by atoms with E-state index in [0.29, 0.717) is 22.3 Å². The van der Waals surface area contributed by atoms with Crippen molar-refractivity contribution in [3.05, 3.63) is 62.5 Å². The van der Waals surface area contributed by atoms with Crippen LogP contribution >= 0.6 is 39.1 Å². The first kappa shape index (κ1) is 22.5. The largest absolute Gasteiger partial charge is 0.484 e. The third-order valence-corrected chi connectivity index (χ3v) is 5.30. The number of hydrogen-bond donors (Lipinski definition) is 1. The molecule has 0 aliphatic rings. The van der Waals surface area contributed by atoms with E-state index in [0.717, 1.165) is 10.0 Å². The van der Waals surface area contributed by atoms with Crippen LogP contribution in [0.3, 0.4) is 0 Å². The Bertz CT molecular complexity index is 831.